The van der Waals surface area contributed by atoms with E-state index in [1.165, 1.54) is 6.07 Å². The van der Waals surface area contributed by atoms with Crippen molar-refractivity contribution in [2.45, 2.75) is 6.18 Å². The molecule has 1 aromatic rings. The van der Waals surface area contributed by atoms with E-state index in [0.717, 1.165) is 6.07 Å². The summed E-state index contributed by atoms with van der Waals surface area (Å²) in [7, 11) is -1.90. The summed E-state index contributed by atoms with van der Waals surface area (Å²) in [5.41, 5.74) is -1.12. The molecule has 1 rings (SSSR count). The molecule has 0 aliphatic heterocycles. The van der Waals surface area contributed by atoms with Crippen molar-refractivity contribution in [2.75, 3.05) is 0 Å². The van der Waals surface area contributed by atoms with Crippen molar-refractivity contribution in [3.63, 3.8) is 0 Å². The molecular formula is C7H5BBrF3O2. The molecule has 0 saturated heterocycles. The lowest BCUT2D eigenvalue weighted by Crippen LogP contribution is -2.30. The third-order valence-corrected chi connectivity index (χ3v) is 2.29. The van der Waals surface area contributed by atoms with Gasteiger partial charge in [-0.15, -0.1) is 0 Å². The molecule has 76 valence electrons. The Morgan fingerprint density at radius 1 is 1.21 bits per heavy atom. The smallest absolute Gasteiger partial charge is 0.423 e. The fourth-order valence-corrected chi connectivity index (χ4v) is 1.39. The predicted molar refractivity (Wildman–Crippen MR) is 49.0 cm³/mol. The average Bonchev–Trinajstić information content (AvgIpc) is 2.02. The molecule has 0 bridgehead atoms. The fourth-order valence-electron chi connectivity index (χ4n) is 0.921. The Morgan fingerprint density at radius 3 is 2.21 bits per heavy atom. The standard InChI is InChI=1S/C7H5BBrF3O2/c9-6-2-1-4(8(13)14)3-5(6)7(10,11)12/h1-3,13-14H. The number of rotatable bonds is 1. The van der Waals surface area contributed by atoms with Gasteiger partial charge in [0, 0.05) is 4.47 Å². The van der Waals surface area contributed by atoms with Crippen LogP contribution in [0.25, 0.3) is 0 Å². The van der Waals surface area contributed by atoms with E-state index in [0.29, 0.717) is 6.07 Å². The molecule has 2 nitrogen and oxygen atoms in total. The summed E-state index contributed by atoms with van der Waals surface area (Å²) >= 11 is 2.73. The molecular weight excluding hydrogens is 264 g/mol. The van der Waals surface area contributed by atoms with Crippen molar-refractivity contribution >= 4 is 28.5 Å². The first-order chi connectivity index (χ1) is 6.32. The largest absolute Gasteiger partial charge is 0.488 e. The second-order valence-corrected chi connectivity index (χ2v) is 3.47. The predicted octanol–water partition coefficient (Wildman–Crippen LogP) is 1.15. The summed E-state index contributed by atoms with van der Waals surface area (Å²) in [4.78, 5) is 0. The van der Waals surface area contributed by atoms with Crippen LogP contribution in [0.3, 0.4) is 0 Å². The molecule has 14 heavy (non-hydrogen) atoms. The minimum Gasteiger partial charge on any atom is -0.423 e. The Hall–Kier alpha value is -0.525. The van der Waals surface area contributed by atoms with E-state index in [1.807, 2.05) is 0 Å². The molecule has 0 radical (unpaired) electrons. The molecule has 0 saturated carbocycles. The van der Waals surface area contributed by atoms with Crippen molar-refractivity contribution in [1.29, 1.82) is 0 Å². The maximum absolute atomic E-state index is 12.3. The molecule has 0 unspecified atom stereocenters. The first-order valence-electron chi connectivity index (χ1n) is 3.55. The third-order valence-electron chi connectivity index (χ3n) is 1.59. The second kappa shape index (κ2) is 3.92. The van der Waals surface area contributed by atoms with Crippen LogP contribution >= 0.6 is 15.9 Å². The van der Waals surface area contributed by atoms with Crippen molar-refractivity contribution in [2.24, 2.45) is 0 Å². The summed E-state index contributed by atoms with van der Waals surface area (Å²) in [5.74, 6) is 0. The Bertz CT molecular complexity index is 340. The van der Waals surface area contributed by atoms with Crippen LogP contribution in [0.1, 0.15) is 5.56 Å². The molecule has 0 atom stereocenters. The van der Waals surface area contributed by atoms with Crippen molar-refractivity contribution < 1.29 is 23.2 Å². The van der Waals surface area contributed by atoms with Gasteiger partial charge in [-0.25, -0.2) is 0 Å². The molecule has 0 spiro atoms. The summed E-state index contributed by atoms with van der Waals surface area (Å²) in [6.07, 6.45) is -4.51. The van der Waals surface area contributed by atoms with Gasteiger partial charge in [0.1, 0.15) is 0 Å². The highest BCUT2D eigenvalue weighted by molar-refractivity contribution is 9.10. The second-order valence-electron chi connectivity index (χ2n) is 2.61. The van der Waals surface area contributed by atoms with Gasteiger partial charge in [-0.2, -0.15) is 13.2 Å². The van der Waals surface area contributed by atoms with E-state index in [1.54, 1.807) is 0 Å². The van der Waals surface area contributed by atoms with Gasteiger partial charge in [0.25, 0.3) is 0 Å². The van der Waals surface area contributed by atoms with Gasteiger partial charge in [0.15, 0.2) is 0 Å². The molecule has 7 heteroatoms. The van der Waals surface area contributed by atoms with Crippen LogP contribution in [0.4, 0.5) is 13.2 Å². The van der Waals surface area contributed by atoms with Gasteiger partial charge in [-0.05, 0) is 17.6 Å². The quantitative estimate of drug-likeness (QED) is 0.750. The molecule has 0 amide bonds. The van der Waals surface area contributed by atoms with Crippen molar-refractivity contribution in [1.82, 2.24) is 0 Å². The molecule has 0 aromatic heterocycles. The highest BCUT2D eigenvalue weighted by atomic mass is 79.9. The molecule has 1 aromatic carbocycles. The maximum Gasteiger partial charge on any atom is 0.488 e. The minimum absolute atomic E-state index is 0.130. The van der Waals surface area contributed by atoms with Crippen LogP contribution in [0, 0.1) is 0 Å². The molecule has 0 aliphatic carbocycles. The van der Waals surface area contributed by atoms with Crippen molar-refractivity contribution in [3.05, 3.63) is 28.2 Å². The Morgan fingerprint density at radius 2 is 1.79 bits per heavy atom. The average molecular weight is 269 g/mol. The van der Waals surface area contributed by atoms with E-state index >= 15 is 0 Å². The zero-order valence-electron chi connectivity index (χ0n) is 6.72. The fraction of sp³-hybridized carbons (Fsp3) is 0.143. The summed E-state index contributed by atoms with van der Waals surface area (Å²) in [6.45, 7) is 0. The van der Waals surface area contributed by atoms with E-state index in [4.69, 9.17) is 10.0 Å². The van der Waals surface area contributed by atoms with Crippen LogP contribution in [-0.2, 0) is 6.18 Å². The number of hydrogen-bond acceptors (Lipinski definition) is 2. The highest BCUT2D eigenvalue weighted by Gasteiger charge is 2.33. The summed E-state index contributed by atoms with van der Waals surface area (Å²) in [6, 6.07) is 3.01. The summed E-state index contributed by atoms with van der Waals surface area (Å²) in [5, 5.41) is 17.4. The van der Waals surface area contributed by atoms with Gasteiger partial charge < -0.3 is 10.0 Å². The van der Waals surface area contributed by atoms with Crippen LogP contribution in [0.15, 0.2) is 22.7 Å². The lowest BCUT2D eigenvalue weighted by atomic mass is 9.79. The van der Waals surface area contributed by atoms with Gasteiger partial charge in [-0.1, -0.05) is 22.0 Å². The molecule has 0 fully saturated rings. The first kappa shape index (κ1) is 11.5. The highest BCUT2D eigenvalue weighted by Crippen LogP contribution is 2.33. The van der Waals surface area contributed by atoms with E-state index in [-0.39, 0.29) is 9.94 Å². The maximum atomic E-state index is 12.3. The van der Waals surface area contributed by atoms with E-state index in [9.17, 15) is 13.2 Å². The Kier molecular flexibility index (Phi) is 3.23. The summed E-state index contributed by atoms with van der Waals surface area (Å²) < 4.78 is 36.8. The van der Waals surface area contributed by atoms with Crippen LogP contribution in [0.2, 0.25) is 0 Å². The van der Waals surface area contributed by atoms with E-state index in [2.05, 4.69) is 15.9 Å². The van der Waals surface area contributed by atoms with Crippen LogP contribution in [-0.4, -0.2) is 17.2 Å². The van der Waals surface area contributed by atoms with Gasteiger partial charge in [0.05, 0.1) is 5.56 Å². The SMILES string of the molecule is OB(O)c1ccc(Br)c(C(F)(F)F)c1. The van der Waals surface area contributed by atoms with Crippen molar-refractivity contribution in [3.8, 4) is 0 Å². The Labute approximate surface area is 86.6 Å². The zero-order chi connectivity index (χ0) is 10.9. The monoisotopic (exact) mass is 268 g/mol. The van der Waals surface area contributed by atoms with Gasteiger partial charge >= 0.3 is 13.3 Å². The van der Waals surface area contributed by atoms with Crippen LogP contribution < -0.4 is 5.46 Å². The zero-order valence-corrected chi connectivity index (χ0v) is 8.30. The number of alkyl halides is 3. The van der Waals surface area contributed by atoms with Gasteiger partial charge in [0.2, 0.25) is 0 Å². The normalized spacial score (nSPS) is 11.6. The molecule has 2 N–H and O–H groups in total. The first-order valence-corrected chi connectivity index (χ1v) is 4.34. The minimum atomic E-state index is -4.51. The molecule has 0 aliphatic rings. The van der Waals surface area contributed by atoms with E-state index < -0.39 is 18.9 Å². The van der Waals surface area contributed by atoms with Crippen LogP contribution in [0.5, 0.6) is 0 Å². The number of benzene rings is 1. The number of hydrogen-bond donors (Lipinski definition) is 2. The van der Waals surface area contributed by atoms with Gasteiger partial charge in [-0.3, -0.25) is 0 Å². The lowest BCUT2D eigenvalue weighted by molar-refractivity contribution is -0.138. The Balaban J connectivity index is 3.22. The molecule has 0 heterocycles. The third kappa shape index (κ3) is 2.49. The topological polar surface area (TPSA) is 40.5 Å². The lowest BCUT2D eigenvalue weighted by Gasteiger charge is -2.10. The number of halogens is 4.